The molecule has 0 aliphatic carbocycles. The van der Waals surface area contributed by atoms with Gasteiger partial charge >= 0.3 is 0 Å². The number of hydrogen-bond acceptors (Lipinski definition) is 3. The zero-order valence-electron chi connectivity index (χ0n) is 12.4. The van der Waals surface area contributed by atoms with E-state index in [1.54, 1.807) is 6.92 Å². The normalized spacial score (nSPS) is 11.7. The number of aromatic nitrogens is 2. The molecule has 0 aliphatic heterocycles. The molecule has 114 valence electrons. The summed E-state index contributed by atoms with van der Waals surface area (Å²) < 4.78 is 28.1. The maximum atomic E-state index is 11.8. The number of pyridine rings is 1. The molecule has 0 unspecified atom stereocenters. The minimum absolute atomic E-state index is 0.0467. The second-order valence-corrected chi connectivity index (χ2v) is 7.14. The fourth-order valence-electron chi connectivity index (χ4n) is 2.20. The number of nitrogens with zero attached hydrogens (tertiary/aromatic N) is 2. The van der Waals surface area contributed by atoms with Gasteiger partial charge in [-0.2, -0.15) is 0 Å². The van der Waals surface area contributed by atoms with Crippen molar-refractivity contribution in [1.82, 2.24) is 9.38 Å². The number of benzene rings is 1. The summed E-state index contributed by atoms with van der Waals surface area (Å²) in [6.45, 7) is 3.49. The zero-order chi connectivity index (χ0) is 15.7. The van der Waals surface area contributed by atoms with Crippen molar-refractivity contribution >= 4 is 21.4 Å². The molecule has 3 rings (SSSR count). The topological polar surface area (TPSA) is 63.5 Å². The highest BCUT2D eigenvalue weighted by atomic mass is 32.2. The van der Waals surface area contributed by atoms with E-state index in [0.29, 0.717) is 5.69 Å². The number of rotatable bonds is 4. The molecule has 2 aromatic heterocycles. The van der Waals surface area contributed by atoms with Crippen LogP contribution in [0, 0.1) is 6.92 Å². The lowest BCUT2D eigenvalue weighted by atomic mass is 10.1. The quantitative estimate of drug-likeness (QED) is 0.805. The maximum Gasteiger partial charge on any atom is 0.232 e. The van der Waals surface area contributed by atoms with Crippen molar-refractivity contribution in [2.24, 2.45) is 0 Å². The van der Waals surface area contributed by atoms with Crippen LogP contribution < -0.4 is 4.72 Å². The number of fused-ring (bicyclic) bond motifs is 1. The predicted molar refractivity (Wildman–Crippen MR) is 88.4 cm³/mol. The molecule has 5 nitrogen and oxygen atoms in total. The van der Waals surface area contributed by atoms with Crippen LogP contribution in [0.25, 0.3) is 16.9 Å². The van der Waals surface area contributed by atoms with Crippen molar-refractivity contribution in [1.29, 1.82) is 0 Å². The first-order valence-electron chi connectivity index (χ1n) is 7.04. The fourth-order valence-corrected chi connectivity index (χ4v) is 2.90. The van der Waals surface area contributed by atoms with Gasteiger partial charge in [-0.25, -0.2) is 13.4 Å². The first-order valence-corrected chi connectivity index (χ1v) is 8.69. The van der Waals surface area contributed by atoms with Gasteiger partial charge in [-0.1, -0.05) is 18.2 Å². The molecular formula is C16H17N3O2S. The van der Waals surface area contributed by atoms with Gasteiger partial charge in [-0.15, -0.1) is 0 Å². The van der Waals surface area contributed by atoms with Crippen LogP contribution in [0.4, 0.5) is 5.69 Å². The highest BCUT2D eigenvalue weighted by molar-refractivity contribution is 7.92. The molecule has 3 aromatic rings. The average molecular weight is 315 g/mol. The van der Waals surface area contributed by atoms with E-state index in [0.717, 1.165) is 22.5 Å². The fraction of sp³-hybridized carbons (Fsp3) is 0.188. The molecule has 0 aliphatic rings. The number of hydrogen-bond donors (Lipinski definition) is 1. The van der Waals surface area contributed by atoms with Crippen molar-refractivity contribution < 1.29 is 8.42 Å². The molecule has 2 heterocycles. The van der Waals surface area contributed by atoms with Crippen molar-refractivity contribution in [2.45, 2.75) is 13.8 Å². The number of aryl methyl sites for hydroxylation is 1. The van der Waals surface area contributed by atoms with E-state index in [9.17, 15) is 8.42 Å². The van der Waals surface area contributed by atoms with E-state index in [1.165, 1.54) is 0 Å². The third-order valence-corrected chi connectivity index (χ3v) is 4.83. The lowest BCUT2D eigenvalue weighted by molar-refractivity contribution is 0.602. The Balaban J connectivity index is 2.04. The second-order valence-electron chi connectivity index (χ2n) is 5.13. The number of imidazole rings is 1. The van der Waals surface area contributed by atoms with Crippen LogP contribution in [-0.2, 0) is 10.0 Å². The third kappa shape index (κ3) is 2.82. The second kappa shape index (κ2) is 5.46. The van der Waals surface area contributed by atoms with Gasteiger partial charge in [-0.3, -0.25) is 4.72 Å². The van der Waals surface area contributed by atoms with Gasteiger partial charge in [-0.05, 0) is 37.6 Å². The molecule has 22 heavy (non-hydrogen) atoms. The van der Waals surface area contributed by atoms with Gasteiger partial charge in [0.1, 0.15) is 5.65 Å². The highest BCUT2D eigenvalue weighted by Gasteiger charge is 2.11. The summed E-state index contributed by atoms with van der Waals surface area (Å²) in [5.74, 6) is 0.0467. The van der Waals surface area contributed by atoms with Gasteiger partial charge in [0.05, 0.1) is 17.1 Å². The third-order valence-electron chi connectivity index (χ3n) is 3.54. The Morgan fingerprint density at radius 1 is 1.23 bits per heavy atom. The van der Waals surface area contributed by atoms with Crippen molar-refractivity contribution in [2.75, 3.05) is 10.5 Å². The molecule has 0 saturated carbocycles. The van der Waals surface area contributed by atoms with E-state index < -0.39 is 10.0 Å². The van der Waals surface area contributed by atoms with E-state index in [4.69, 9.17) is 0 Å². The average Bonchev–Trinajstić information content (AvgIpc) is 2.93. The molecule has 1 aromatic carbocycles. The lowest BCUT2D eigenvalue weighted by Gasteiger charge is -2.10. The first-order chi connectivity index (χ1) is 10.5. The molecule has 0 amide bonds. The van der Waals surface area contributed by atoms with Crippen LogP contribution in [0.2, 0.25) is 0 Å². The van der Waals surface area contributed by atoms with E-state index in [2.05, 4.69) is 9.71 Å². The monoisotopic (exact) mass is 315 g/mol. The van der Waals surface area contributed by atoms with Crippen LogP contribution in [0.15, 0.2) is 48.8 Å². The Morgan fingerprint density at radius 2 is 2.05 bits per heavy atom. The Labute approximate surface area is 129 Å². The van der Waals surface area contributed by atoms with Gasteiger partial charge in [0.15, 0.2) is 0 Å². The van der Waals surface area contributed by atoms with E-state index in [-0.39, 0.29) is 5.75 Å². The summed E-state index contributed by atoms with van der Waals surface area (Å²) in [6, 6.07) is 11.5. The molecule has 6 heteroatoms. The minimum Gasteiger partial charge on any atom is -0.306 e. The molecular weight excluding hydrogens is 298 g/mol. The molecule has 1 N–H and O–H groups in total. The van der Waals surface area contributed by atoms with Crippen LogP contribution in [-0.4, -0.2) is 23.6 Å². The Hall–Kier alpha value is -2.34. The zero-order valence-corrected chi connectivity index (χ0v) is 13.3. The standard InChI is InChI=1S/C16H17N3O2S/c1-3-22(20,21)18-14-10-13(8-7-12(14)2)15-11-19-9-5-4-6-16(19)17-15/h4-11,18H,3H2,1-2H3. The molecule has 0 spiro atoms. The number of sulfonamides is 1. The Kier molecular flexibility index (Phi) is 3.62. The van der Waals surface area contributed by atoms with Gasteiger partial charge in [0, 0.05) is 18.0 Å². The van der Waals surface area contributed by atoms with Gasteiger partial charge in [0.25, 0.3) is 0 Å². The SMILES string of the molecule is CCS(=O)(=O)Nc1cc(-c2cn3ccccc3n2)ccc1C. The van der Waals surface area contributed by atoms with E-state index in [1.807, 2.05) is 60.1 Å². The molecule has 0 fully saturated rings. The highest BCUT2D eigenvalue weighted by Crippen LogP contribution is 2.26. The largest absolute Gasteiger partial charge is 0.306 e. The van der Waals surface area contributed by atoms with Crippen molar-refractivity contribution in [3.05, 3.63) is 54.4 Å². The molecule has 0 atom stereocenters. The summed E-state index contributed by atoms with van der Waals surface area (Å²) in [5.41, 5.74) is 4.01. The first kappa shape index (κ1) is 14.6. The Morgan fingerprint density at radius 3 is 2.77 bits per heavy atom. The van der Waals surface area contributed by atoms with E-state index >= 15 is 0 Å². The van der Waals surface area contributed by atoms with Crippen LogP contribution in [0.3, 0.4) is 0 Å². The Bertz CT molecular complexity index is 896. The summed E-state index contributed by atoms with van der Waals surface area (Å²) in [6.07, 6.45) is 3.86. The number of anilines is 1. The summed E-state index contributed by atoms with van der Waals surface area (Å²) in [5, 5.41) is 0. The van der Waals surface area contributed by atoms with Gasteiger partial charge < -0.3 is 4.40 Å². The summed E-state index contributed by atoms with van der Waals surface area (Å²) in [7, 11) is -3.29. The molecule has 0 radical (unpaired) electrons. The predicted octanol–water partition coefficient (Wildman–Crippen LogP) is 3.07. The van der Waals surface area contributed by atoms with Crippen molar-refractivity contribution in [3.8, 4) is 11.3 Å². The number of nitrogens with one attached hydrogen (secondary N) is 1. The molecule has 0 saturated heterocycles. The van der Waals surface area contributed by atoms with Crippen LogP contribution in [0.5, 0.6) is 0 Å². The van der Waals surface area contributed by atoms with Gasteiger partial charge in [0.2, 0.25) is 10.0 Å². The van der Waals surface area contributed by atoms with Crippen LogP contribution in [0.1, 0.15) is 12.5 Å². The van der Waals surface area contributed by atoms with Crippen LogP contribution >= 0.6 is 0 Å². The summed E-state index contributed by atoms with van der Waals surface area (Å²) in [4.78, 5) is 4.56. The lowest BCUT2D eigenvalue weighted by Crippen LogP contribution is -2.15. The minimum atomic E-state index is -3.29. The van der Waals surface area contributed by atoms with Crippen molar-refractivity contribution in [3.63, 3.8) is 0 Å². The molecule has 0 bridgehead atoms. The summed E-state index contributed by atoms with van der Waals surface area (Å²) >= 11 is 0. The smallest absolute Gasteiger partial charge is 0.232 e. The maximum absolute atomic E-state index is 11.8.